The molecule has 1 N–H and O–H groups in total. The van der Waals surface area contributed by atoms with Gasteiger partial charge in [0.2, 0.25) is 0 Å². The van der Waals surface area contributed by atoms with Crippen LogP contribution in [0.3, 0.4) is 0 Å². The highest BCUT2D eigenvalue weighted by Crippen LogP contribution is 2.26. The summed E-state index contributed by atoms with van der Waals surface area (Å²) in [6.07, 6.45) is 1.36. The van der Waals surface area contributed by atoms with E-state index in [0.29, 0.717) is 6.07 Å². The second-order valence-electron chi connectivity index (χ2n) is 3.76. The minimum atomic E-state index is -1.55. The van der Waals surface area contributed by atoms with Crippen LogP contribution in [0.15, 0.2) is 30.5 Å². The van der Waals surface area contributed by atoms with Gasteiger partial charge < -0.3 is 9.67 Å². The van der Waals surface area contributed by atoms with Crippen LogP contribution in [-0.2, 0) is 0 Å². The Morgan fingerprint density at radius 3 is 2.75 bits per heavy atom. The number of nitrogens with zero attached hydrogens (tertiary/aromatic N) is 3. The first-order chi connectivity index (χ1) is 9.45. The highest BCUT2D eigenvalue weighted by atomic mass is 19.1. The molecule has 0 saturated heterocycles. The molecule has 20 heavy (non-hydrogen) atoms. The average Bonchev–Trinajstić information content (AvgIpc) is 2.85. The van der Waals surface area contributed by atoms with E-state index in [1.54, 1.807) is 6.07 Å². The summed E-state index contributed by atoms with van der Waals surface area (Å²) in [6, 6.07) is 6.04. The van der Waals surface area contributed by atoms with E-state index >= 15 is 0 Å². The fraction of sp³-hybridized carbons (Fsp3) is 0. The van der Waals surface area contributed by atoms with Gasteiger partial charge in [-0.05, 0) is 18.2 Å². The lowest BCUT2D eigenvalue weighted by Crippen LogP contribution is -2.07. The number of rotatable bonds is 3. The third-order valence-corrected chi connectivity index (χ3v) is 2.62. The molecule has 7 nitrogen and oxygen atoms in total. The number of carboxylic acid groups (broad SMARTS) is 1. The van der Waals surface area contributed by atoms with E-state index in [0.717, 1.165) is 10.6 Å². The Bertz CT molecular complexity index is 761. The molecule has 1 aromatic carbocycles. The highest BCUT2D eigenvalue weighted by molar-refractivity contribution is 5.93. The van der Waals surface area contributed by atoms with Gasteiger partial charge in [0, 0.05) is 6.20 Å². The number of carbonyl (C=O) groups is 1. The van der Waals surface area contributed by atoms with E-state index in [9.17, 15) is 19.3 Å². The summed E-state index contributed by atoms with van der Waals surface area (Å²) in [5.74, 6) is -2.54. The first-order valence-electron chi connectivity index (χ1n) is 5.24. The van der Waals surface area contributed by atoms with Crippen LogP contribution in [0.25, 0.3) is 5.69 Å². The largest absolute Gasteiger partial charge is 0.477 e. The maximum Gasteiger partial charge on any atom is 0.342 e. The average molecular weight is 275 g/mol. The van der Waals surface area contributed by atoms with Crippen molar-refractivity contribution in [2.24, 2.45) is 0 Å². The van der Waals surface area contributed by atoms with Crippen LogP contribution in [0.1, 0.15) is 16.1 Å². The zero-order valence-corrected chi connectivity index (χ0v) is 9.78. The molecule has 100 valence electrons. The second kappa shape index (κ2) is 4.81. The molecular weight excluding hydrogens is 269 g/mol. The van der Waals surface area contributed by atoms with Crippen molar-refractivity contribution < 1.29 is 19.2 Å². The van der Waals surface area contributed by atoms with Crippen molar-refractivity contribution in [2.75, 3.05) is 0 Å². The molecule has 0 saturated carbocycles. The summed E-state index contributed by atoms with van der Waals surface area (Å²) >= 11 is 0. The molecule has 8 heteroatoms. The first kappa shape index (κ1) is 13.2. The van der Waals surface area contributed by atoms with Gasteiger partial charge in [0.25, 0.3) is 5.69 Å². The SMILES string of the molecule is N#Cc1cccn1-c1cc(C(=O)O)c([N+](=O)[O-])cc1F. The van der Waals surface area contributed by atoms with Crippen LogP contribution in [0.2, 0.25) is 0 Å². The number of hydrogen-bond acceptors (Lipinski definition) is 4. The molecule has 2 rings (SSSR count). The maximum absolute atomic E-state index is 13.9. The van der Waals surface area contributed by atoms with Gasteiger partial charge in [-0.2, -0.15) is 5.26 Å². The van der Waals surface area contributed by atoms with E-state index in [1.807, 2.05) is 0 Å². The van der Waals surface area contributed by atoms with Gasteiger partial charge in [-0.25, -0.2) is 9.18 Å². The topological polar surface area (TPSA) is 109 Å². The monoisotopic (exact) mass is 275 g/mol. The van der Waals surface area contributed by atoms with E-state index < -0.39 is 28.0 Å². The van der Waals surface area contributed by atoms with Crippen molar-refractivity contribution in [1.82, 2.24) is 4.57 Å². The van der Waals surface area contributed by atoms with Gasteiger partial charge in [0.05, 0.1) is 16.7 Å². The molecule has 2 aromatic rings. The molecule has 0 radical (unpaired) electrons. The lowest BCUT2D eigenvalue weighted by molar-refractivity contribution is -0.385. The quantitative estimate of drug-likeness (QED) is 0.681. The molecule has 0 aliphatic rings. The van der Waals surface area contributed by atoms with Crippen molar-refractivity contribution in [3.05, 3.63) is 57.7 Å². The first-order valence-corrected chi connectivity index (χ1v) is 5.24. The molecule has 0 atom stereocenters. The molecule has 0 aliphatic heterocycles. The van der Waals surface area contributed by atoms with Gasteiger partial charge in [0.15, 0.2) is 5.82 Å². The number of nitro benzene ring substituents is 1. The van der Waals surface area contributed by atoms with Gasteiger partial charge >= 0.3 is 5.97 Å². The summed E-state index contributed by atoms with van der Waals surface area (Å²) in [5.41, 5.74) is -1.66. The van der Waals surface area contributed by atoms with E-state index in [2.05, 4.69) is 0 Å². The third-order valence-electron chi connectivity index (χ3n) is 2.62. The van der Waals surface area contributed by atoms with Crippen LogP contribution >= 0.6 is 0 Å². The fourth-order valence-electron chi connectivity index (χ4n) is 1.74. The van der Waals surface area contributed by atoms with Crippen LogP contribution in [0, 0.1) is 27.3 Å². The number of carboxylic acids is 1. The van der Waals surface area contributed by atoms with Crippen LogP contribution in [0.4, 0.5) is 10.1 Å². The lowest BCUT2D eigenvalue weighted by atomic mass is 10.1. The number of nitro groups is 1. The number of nitriles is 1. The number of aromatic nitrogens is 1. The molecular formula is C12H6FN3O4. The number of halogens is 1. The molecule has 0 fully saturated rings. The summed E-state index contributed by atoms with van der Waals surface area (Å²) in [5, 5.41) is 28.5. The summed E-state index contributed by atoms with van der Waals surface area (Å²) in [4.78, 5) is 20.8. The van der Waals surface area contributed by atoms with Gasteiger partial charge in [-0.15, -0.1) is 0 Å². The number of benzene rings is 1. The molecule has 0 amide bonds. The molecule has 0 unspecified atom stereocenters. The Hall–Kier alpha value is -3.21. The summed E-state index contributed by atoms with van der Waals surface area (Å²) in [7, 11) is 0. The minimum Gasteiger partial charge on any atom is -0.477 e. The molecule has 1 heterocycles. The van der Waals surface area contributed by atoms with E-state index in [1.165, 1.54) is 18.3 Å². The van der Waals surface area contributed by atoms with E-state index in [-0.39, 0.29) is 11.4 Å². The number of aromatic carboxylic acids is 1. The molecule has 1 aromatic heterocycles. The van der Waals surface area contributed by atoms with Crippen molar-refractivity contribution in [3.63, 3.8) is 0 Å². The Labute approximate surface area is 111 Å². The van der Waals surface area contributed by atoms with Crippen LogP contribution in [0.5, 0.6) is 0 Å². The predicted octanol–water partition coefficient (Wildman–Crippen LogP) is 2.09. The summed E-state index contributed by atoms with van der Waals surface area (Å²) < 4.78 is 15.0. The van der Waals surface area contributed by atoms with Gasteiger partial charge in [-0.3, -0.25) is 10.1 Å². The molecule has 0 bridgehead atoms. The smallest absolute Gasteiger partial charge is 0.342 e. The van der Waals surface area contributed by atoms with Crippen molar-refractivity contribution >= 4 is 11.7 Å². The zero-order chi connectivity index (χ0) is 14.9. The van der Waals surface area contributed by atoms with Crippen molar-refractivity contribution in [2.45, 2.75) is 0 Å². The normalized spacial score (nSPS) is 10.0. The molecule has 0 aliphatic carbocycles. The van der Waals surface area contributed by atoms with Gasteiger partial charge in [0.1, 0.15) is 17.3 Å². The fourth-order valence-corrected chi connectivity index (χ4v) is 1.74. The Morgan fingerprint density at radius 1 is 1.50 bits per heavy atom. The minimum absolute atomic E-state index is 0.0779. The Balaban J connectivity index is 2.74. The maximum atomic E-state index is 13.9. The number of hydrogen-bond donors (Lipinski definition) is 1. The standard InChI is InChI=1S/C12H6FN3O4/c13-9-5-10(16(19)20)8(12(17)18)4-11(9)15-3-1-2-7(15)6-14/h1-5H,(H,17,18). The lowest BCUT2D eigenvalue weighted by Gasteiger charge is -2.08. The zero-order valence-electron chi connectivity index (χ0n) is 9.78. The van der Waals surface area contributed by atoms with Gasteiger partial charge in [-0.1, -0.05) is 0 Å². The second-order valence-corrected chi connectivity index (χ2v) is 3.76. The highest BCUT2D eigenvalue weighted by Gasteiger charge is 2.24. The molecule has 0 spiro atoms. The van der Waals surface area contributed by atoms with E-state index in [4.69, 9.17) is 10.4 Å². The summed E-state index contributed by atoms with van der Waals surface area (Å²) in [6.45, 7) is 0. The predicted molar refractivity (Wildman–Crippen MR) is 64.1 cm³/mol. The van der Waals surface area contributed by atoms with Crippen molar-refractivity contribution in [1.29, 1.82) is 5.26 Å². The van der Waals surface area contributed by atoms with Crippen molar-refractivity contribution in [3.8, 4) is 11.8 Å². The Kier molecular flexibility index (Phi) is 3.18. The Morgan fingerprint density at radius 2 is 2.20 bits per heavy atom. The van der Waals surface area contributed by atoms with Crippen LogP contribution in [-0.4, -0.2) is 20.6 Å². The van der Waals surface area contributed by atoms with Crippen LogP contribution < -0.4 is 0 Å². The third kappa shape index (κ3) is 2.08.